The van der Waals surface area contributed by atoms with E-state index < -0.39 is 30.1 Å². The number of carboxylic acid groups (broad SMARTS) is 1. The van der Waals surface area contributed by atoms with E-state index in [1.54, 1.807) is 24.3 Å². The van der Waals surface area contributed by atoms with Crippen LogP contribution in [0.25, 0.3) is 11.1 Å². The Morgan fingerprint density at radius 3 is 2.06 bits per heavy atom. The Morgan fingerprint density at radius 2 is 1.49 bits per heavy atom. The van der Waals surface area contributed by atoms with Gasteiger partial charge in [0.1, 0.15) is 18.7 Å². The Morgan fingerprint density at radius 1 is 0.914 bits per heavy atom. The number of ether oxygens (including phenoxy) is 1. The lowest BCUT2D eigenvalue weighted by Crippen LogP contribution is -2.51. The van der Waals surface area contributed by atoms with E-state index in [0.717, 1.165) is 32.3 Å². The molecule has 0 saturated heterocycles. The summed E-state index contributed by atoms with van der Waals surface area (Å²) in [6.45, 7) is 1.60. The van der Waals surface area contributed by atoms with Crippen molar-refractivity contribution in [2.75, 3.05) is 6.61 Å². The van der Waals surface area contributed by atoms with Crippen molar-refractivity contribution in [1.29, 1.82) is 0 Å². The molecule has 3 aromatic rings. The number of hydrogen-bond acceptors (Lipinski definition) is 4. The van der Waals surface area contributed by atoms with Gasteiger partial charge in [-0.2, -0.15) is 0 Å². The molecule has 1 aliphatic carbocycles. The highest BCUT2D eigenvalue weighted by atomic mass is 79.9. The SMILES string of the molecule is CC(NC(=O)OCC1c2ccccc2-c2ccccc21)C(=O)N[C@H](Cc1ccc(Br)cc1)C(=O)O. The summed E-state index contributed by atoms with van der Waals surface area (Å²) in [5.41, 5.74) is 5.18. The number of aliphatic carboxylic acids is 1. The van der Waals surface area contributed by atoms with Crippen LogP contribution in [0, 0.1) is 0 Å². The van der Waals surface area contributed by atoms with Gasteiger partial charge < -0.3 is 20.5 Å². The Labute approximate surface area is 211 Å². The second-order valence-electron chi connectivity index (χ2n) is 8.42. The molecule has 180 valence electrons. The van der Waals surface area contributed by atoms with Gasteiger partial charge in [0.2, 0.25) is 5.91 Å². The molecule has 2 amide bonds. The summed E-state index contributed by atoms with van der Waals surface area (Å²) in [5.74, 6) is -1.86. The summed E-state index contributed by atoms with van der Waals surface area (Å²) in [4.78, 5) is 36.7. The third-order valence-corrected chi connectivity index (χ3v) is 6.57. The zero-order valence-corrected chi connectivity index (χ0v) is 20.6. The van der Waals surface area contributed by atoms with Gasteiger partial charge in [0.25, 0.3) is 0 Å². The molecule has 4 rings (SSSR count). The van der Waals surface area contributed by atoms with Gasteiger partial charge in [0.05, 0.1) is 0 Å². The number of nitrogens with one attached hydrogen (secondary N) is 2. The highest BCUT2D eigenvalue weighted by molar-refractivity contribution is 9.10. The predicted molar refractivity (Wildman–Crippen MR) is 135 cm³/mol. The first kappa shape index (κ1) is 24.5. The summed E-state index contributed by atoms with van der Waals surface area (Å²) in [5, 5.41) is 14.5. The Hall–Kier alpha value is -3.65. The second-order valence-corrected chi connectivity index (χ2v) is 9.34. The van der Waals surface area contributed by atoms with E-state index in [4.69, 9.17) is 4.74 Å². The van der Waals surface area contributed by atoms with Crippen LogP contribution in [0.4, 0.5) is 4.79 Å². The fourth-order valence-electron chi connectivity index (χ4n) is 4.24. The van der Waals surface area contributed by atoms with E-state index in [0.29, 0.717) is 0 Å². The van der Waals surface area contributed by atoms with Crippen molar-refractivity contribution in [3.05, 3.63) is 94.0 Å². The number of alkyl carbamates (subject to hydrolysis) is 1. The summed E-state index contributed by atoms with van der Waals surface area (Å²) >= 11 is 3.33. The minimum Gasteiger partial charge on any atom is -0.480 e. The van der Waals surface area contributed by atoms with Crippen LogP contribution < -0.4 is 10.6 Å². The third kappa shape index (κ3) is 5.71. The van der Waals surface area contributed by atoms with Crippen LogP contribution in [0.2, 0.25) is 0 Å². The number of carbonyl (C=O) groups excluding carboxylic acids is 2. The summed E-state index contributed by atoms with van der Waals surface area (Å²) < 4.78 is 6.34. The Balaban J connectivity index is 1.33. The van der Waals surface area contributed by atoms with E-state index in [1.807, 2.05) is 48.5 Å². The van der Waals surface area contributed by atoms with Crippen LogP contribution >= 0.6 is 15.9 Å². The van der Waals surface area contributed by atoms with Crippen molar-refractivity contribution in [3.8, 4) is 11.1 Å². The monoisotopic (exact) mass is 536 g/mol. The number of carbonyl (C=O) groups is 3. The first-order valence-corrected chi connectivity index (χ1v) is 12.0. The smallest absolute Gasteiger partial charge is 0.407 e. The molecule has 0 fully saturated rings. The molecule has 0 heterocycles. The molecule has 8 heteroatoms. The summed E-state index contributed by atoms with van der Waals surface area (Å²) in [7, 11) is 0. The van der Waals surface area contributed by atoms with Crippen molar-refractivity contribution < 1.29 is 24.2 Å². The zero-order valence-electron chi connectivity index (χ0n) is 19.0. The number of rotatable bonds is 8. The lowest BCUT2D eigenvalue weighted by molar-refractivity contribution is -0.142. The molecule has 1 aliphatic rings. The van der Waals surface area contributed by atoms with E-state index >= 15 is 0 Å². The number of carboxylic acids is 1. The van der Waals surface area contributed by atoms with Crippen LogP contribution in [0.15, 0.2) is 77.3 Å². The molecule has 2 atom stereocenters. The average molecular weight is 537 g/mol. The molecule has 35 heavy (non-hydrogen) atoms. The van der Waals surface area contributed by atoms with Crippen LogP contribution in [0.1, 0.15) is 29.5 Å². The van der Waals surface area contributed by atoms with E-state index in [-0.39, 0.29) is 18.9 Å². The Kier molecular flexibility index (Phi) is 7.51. The summed E-state index contributed by atoms with van der Waals surface area (Å²) in [6, 6.07) is 21.1. The van der Waals surface area contributed by atoms with Crippen molar-refractivity contribution >= 4 is 33.9 Å². The number of halogens is 1. The maximum atomic E-state index is 12.6. The van der Waals surface area contributed by atoms with Crippen molar-refractivity contribution in [2.24, 2.45) is 0 Å². The molecule has 1 unspecified atom stereocenters. The zero-order chi connectivity index (χ0) is 24.9. The minimum absolute atomic E-state index is 0.0976. The predicted octanol–water partition coefficient (Wildman–Crippen LogP) is 4.49. The van der Waals surface area contributed by atoms with E-state index in [2.05, 4.69) is 26.6 Å². The molecule has 3 N–H and O–H groups in total. The summed E-state index contributed by atoms with van der Waals surface area (Å²) in [6.07, 6.45) is -0.624. The van der Waals surface area contributed by atoms with Gasteiger partial charge in [0, 0.05) is 16.8 Å². The maximum Gasteiger partial charge on any atom is 0.407 e. The fraction of sp³-hybridized carbons (Fsp3) is 0.222. The van der Waals surface area contributed by atoms with E-state index in [1.165, 1.54) is 6.92 Å². The second kappa shape index (κ2) is 10.7. The molecular formula is C27H25BrN2O5. The van der Waals surface area contributed by atoms with Gasteiger partial charge in [-0.25, -0.2) is 9.59 Å². The topological polar surface area (TPSA) is 105 Å². The number of hydrogen-bond donors (Lipinski definition) is 3. The fourth-order valence-corrected chi connectivity index (χ4v) is 4.50. The van der Waals surface area contributed by atoms with Gasteiger partial charge >= 0.3 is 12.1 Å². The minimum atomic E-state index is -1.16. The van der Waals surface area contributed by atoms with Crippen LogP contribution in [-0.4, -0.2) is 41.8 Å². The van der Waals surface area contributed by atoms with Gasteiger partial charge in [-0.3, -0.25) is 4.79 Å². The lowest BCUT2D eigenvalue weighted by Gasteiger charge is -2.19. The van der Waals surface area contributed by atoms with Crippen LogP contribution in [0.5, 0.6) is 0 Å². The van der Waals surface area contributed by atoms with Crippen molar-refractivity contribution in [1.82, 2.24) is 10.6 Å². The van der Waals surface area contributed by atoms with Gasteiger partial charge in [-0.05, 0) is 46.9 Å². The molecule has 0 aliphatic heterocycles. The highest BCUT2D eigenvalue weighted by Gasteiger charge is 2.30. The molecule has 0 spiro atoms. The van der Waals surface area contributed by atoms with Crippen LogP contribution in [0.3, 0.4) is 0 Å². The first-order valence-electron chi connectivity index (χ1n) is 11.2. The van der Waals surface area contributed by atoms with Gasteiger partial charge in [-0.15, -0.1) is 0 Å². The van der Waals surface area contributed by atoms with Crippen molar-refractivity contribution in [2.45, 2.75) is 31.3 Å². The lowest BCUT2D eigenvalue weighted by atomic mass is 9.98. The molecular weight excluding hydrogens is 512 g/mol. The number of fused-ring (bicyclic) bond motifs is 3. The first-order chi connectivity index (χ1) is 16.8. The maximum absolute atomic E-state index is 12.6. The molecule has 0 bridgehead atoms. The highest BCUT2D eigenvalue weighted by Crippen LogP contribution is 2.44. The number of benzene rings is 3. The van der Waals surface area contributed by atoms with Crippen LogP contribution in [-0.2, 0) is 20.7 Å². The van der Waals surface area contributed by atoms with Gasteiger partial charge in [-0.1, -0.05) is 76.6 Å². The Bertz CT molecular complexity index is 1200. The quantitative estimate of drug-likeness (QED) is 0.393. The molecule has 0 radical (unpaired) electrons. The number of amides is 2. The largest absolute Gasteiger partial charge is 0.480 e. The normalized spacial score (nSPS) is 13.8. The van der Waals surface area contributed by atoms with E-state index in [9.17, 15) is 19.5 Å². The van der Waals surface area contributed by atoms with Crippen molar-refractivity contribution in [3.63, 3.8) is 0 Å². The standard InChI is InChI=1S/C27H25BrN2O5/c1-16(25(31)30-24(26(32)33)14-17-10-12-18(28)13-11-17)29-27(34)35-15-23-21-8-4-2-6-19(21)20-7-3-5-9-22(20)23/h2-13,16,23-24H,14-15H2,1H3,(H,29,34)(H,30,31)(H,32,33)/t16?,24-/m1/s1. The molecule has 3 aromatic carbocycles. The van der Waals surface area contributed by atoms with Gasteiger partial charge in [0.15, 0.2) is 0 Å². The molecule has 7 nitrogen and oxygen atoms in total. The third-order valence-electron chi connectivity index (χ3n) is 6.04. The molecule has 0 saturated carbocycles. The molecule has 0 aromatic heterocycles. The average Bonchev–Trinajstić information content (AvgIpc) is 3.17.